The summed E-state index contributed by atoms with van der Waals surface area (Å²) in [5, 5.41) is 10.2. The van der Waals surface area contributed by atoms with Crippen molar-refractivity contribution >= 4 is 17.4 Å². The van der Waals surface area contributed by atoms with Crippen LogP contribution in [0.4, 0.5) is 14.6 Å². The number of nitrogens with zero attached hydrogens (tertiary/aromatic N) is 2. The van der Waals surface area contributed by atoms with Gasteiger partial charge in [-0.1, -0.05) is 0 Å². The Morgan fingerprint density at radius 1 is 1.67 bits per heavy atom. The molecule has 0 saturated heterocycles. The van der Waals surface area contributed by atoms with Gasteiger partial charge in [0.05, 0.1) is 7.11 Å². The van der Waals surface area contributed by atoms with E-state index in [0.29, 0.717) is 0 Å². The second kappa shape index (κ2) is 4.35. The number of aromatic nitrogens is 1. The van der Waals surface area contributed by atoms with Crippen molar-refractivity contribution in [1.82, 2.24) is 4.98 Å². The van der Waals surface area contributed by atoms with Crippen LogP contribution >= 0.6 is 11.6 Å². The lowest BCUT2D eigenvalue weighted by Crippen LogP contribution is -2.02. The molecule has 0 unspecified atom stereocenters. The Hall–Kier alpha value is -1.50. The number of nitro groups is 1. The zero-order valence-corrected chi connectivity index (χ0v) is 8.16. The monoisotopic (exact) mass is 238 g/mol. The van der Waals surface area contributed by atoms with Crippen LogP contribution in [0.5, 0.6) is 5.75 Å². The van der Waals surface area contributed by atoms with E-state index in [2.05, 4.69) is 9.72 Å². The van der Waals surface area contributed by atoms with Gasteiger partial charge in [0, 0.05) is 6.07 Å². The number of rotatable bonds is 3. The molecule has 0 aliphatic heterocycles. The normalized spacial score (nSPS) is 10.5. The van der Waals surface area contributed by atoms with E-state index in [0.717, 1.165) is 13.2 Å². The van der Waals surface area contributed by atoms with Crippen LogP contribution in [0.15, 0.2) is 6.07 Å². The molecule has 0 aliphatic rings. The van der Waals surface area contributed by atoms with Crippen molar-refractivity contribution in [3.63, 3.8) is 0 Å². The number of halogens is 3. The lowest BCUT2D eigenvalue weighted by molar-refractivity contribution is -0.391. The average Bonchev–Trinajstić information content (AvgIpc) is 2.15. The van der Waals surface area contributed by atoms with E-state index in [1.807, 2.05) is 0 Å². The second-order valence-electron chi connectivity index (χ2n) is 2.44. The molecule has 1 heterocycles. The van der Waals surface area contributed by atoms with Crippen LogP contribution in [0.25, 0.3) is 0 Å². The van der Waals surface area contributed by atoms with Gasteiger partial charge in [-0.2, -0.15) is 0 Å². The summed E-state index contributed by atoms with van der Waals surface area (Å²) in [4.78, 5) is 12.6. The molecule has 1 aromatic heterocycles. The summed E-state index contributed by atoms with van der Waals surface area (Å²) in [6.07, 6.45) is -3.05. The fourth-order valence-electron chi connectivity index (χ4n) is 1.00. The number of hydrogen-bond acceptors (Lipinski definition) is 4. The predicted octanol–water partition coefficient (Wildman–Crippen LogP) is 2.59. The summed E-state index contributed by atoms with van der Waals surface area (Å²) >= 11 is 5.41. The third-order valence-electron chi connectivity index (χ3n) is 1.58. The number of methoxy groups -OCH3 is 1. The van der Waals surface area contributed by atoms with Gasteiger partial charge in [-0.25, -0.2) is 8.78 Å². The van der Waals surface area contributed by atoms with Crippen molar-refractivity contribution in [1.29, 1.82) is 0 Å². The molecule has 0 bridgehead atoms. The van der Waals surface area contributed by atoms with Gasteiger partial charge in [-0.3, -0.25) is 0 Å². The Labute approximate surface area is 87.8 Å². The minimum Gasteiger partial charge on any atom is -0.496 e. The van der Waals surface area contributed by atoms with Crippen LogP contribution in [0.1, 0.15) is 12.0 Å². The highest BCUT2D eigenvalue weighted by Gasteiger charge is 2.29. The molecule has 82 valence electrons. The Morgan fingerprint density at radius 2 is 2.27 bits per heavy atom. The van der Waals surface area contributed by atoms with Crippen LogP contribution in [0.2, 0.25) is 5.15 Å². The standard InChI is InChI=1S/C7H5ClF2N2O3/c1-15-3-2-4(8)11-7(12(13)14)5(3)6(9)10/h2,6H,1H3. The largest absolute Gasteiger partial charge is 0.496 e. The molecule has 1 rings (SSSR count). The molecule has 8 heteroatoms. The molecule has 5 nitrogen and oxygen atoms in total. The third-order valence-corrected chi connectivity index (χ3v) is 1.77. The third kappa shape index (κ3) is 2.30. The summed E-state index contributed by atoms with van der Waals surface area (Å²) < 4.78 is 29.6. The van der Waals surface area contributed by atoms with E-state index < -0.39 is 22.7 Å². The quantitative estimate of drug-likeness (QED) is 0.461. The zero-order valence-electron chi connectivity index (χ0n) is 7.41. The van der Waals surface area contributed by atoms with Crippen molar-refractivity contribution in [2.45, 2.75) is 6.43 Å². The van der Waals surface area contributed by atoms with Crippen LogP contribution < -0.4 is 4.74 Å². The Balaban J connectivity index is 3.47. The molecular weight excluding hydrogens is 234 g/mol. The highest BCUT2D eigenvalue weighted by atomic mass is 35.5. The SMILES string of the molecule is COc1cc(Cl)nc([N+](=O)[O-])c1C(F)F. The molecule has 0 aromatic carbocycles. The lowest BCUT2D eigenvalue weighted by Gasteiger charge is -2.06. The van der Waals surface area contributed by atoms with Crippen LogP contribution in [-0.4, -0.2) is 17.0 Å². The maximum absolute atomic E-state index is 12.5. The van der Waals surface area contributed by atoms with Crippen molar-refractivity contribution in [2.75, 3.05) is 7.11 Å². The number of hydrogen-bond donors (Lipinski definition) is 0. The van der Waals surface area contributed by atoms with Gasteiger partial charge >= 0.3 is 5.82 Å². The summed E-state index contributed by atoms with van der Waals surface area (Å²) in [7, 11) is 1.11. The molecule has 0 spiro atoms. The molecule has 15 heavy (non-hydrogen) atoms. The first-order valence-corrected chi connectivity index (χ1v) is 4.02. The van der Waals surface area contributed by atoms with E-state index in [1.54, 1.807) is 0 Å². The number of ether oxygens (including phenoxy) is 1. The molecular formula is C7H5ClF2N2O3. The van der Waals surface area contributed by atoms with E-state index in [9.17, 15) is 18.9 Å². The number of pyridine rings is 1. The zero-order chi connectivity index (χ0) is 11.6. The minimum absolute atomic E-state index is 0.275. The molecule has 0 amide bonds. The molecule has 0 aliphatic carbocycles. The van der Waals surface area contributed by atoms with E-state index in [-0.39, 0.29) is 10.9 Å². The first-order valence-electron chi connectivity index (χ1n) is 3.64. The van der Waals surface area contributed by atoms with Gasteiger partial charge in [0.1, 0.15) is 5.75 Å². The first-order chi connectivity index (χ1) is 6.97. The van der Waals surface area contributed by atoms with Gasteiger partial charge in [0.15, 0.2) is 5.56 Å². The van der Waals surface area contributed by atoms with E-state index in [4.69, 9.17) is 11.6 Å². The van der Waals surface area contributed by atoms with Crippen LogP contribution in [0.3, 0.4) is 0 Å². The molecule has 0 saturated carbocycles. The second-order valence-corrected chi connectivity index (χ2v) is 2.83. The summed E-state index contributed by atoms with van der Waals surface area (Å²) in [6, 6.07) is 0.996. The maximum atomic E-state index is 12.5. The van der Waals surface area contributed by atoms with Crippen molar-refractivity contribution in [3.8, 4) is 5.75 Å². The maximum Gasteiger partial charge on any atom is 0.377 e. The smallest absolute Gasteiger partial charge is 0.377 e. The fourth-order valence-corrected chi connectivity index (χ4v) is 1.18. The van der Waals surface area contributed by atoms with Crippen molar-refractivity contribution in [3.05, 3.63) is 26.9 Å². The Bertz CT molecular complexity index is 400. The molecule has 0 fully saturated rings. The van der Waals surface area contributed by atoms with Gasteiger partial charge in [-0.05, 0) is 21.5 Å². The summed E-state index contributed by atoms with van der Waals surface area (Å²) in [5.41, 5.74) is -0.869. The van der Waals surface area contributed by atoms with Gasteiger partial charge in [0.25, 0.3) is 6.43 Å². The highest BCUT2D eigenvalue weighted by molar-refractivity contribution is 6.29. The minimum atomic E-state index is -3.05. The first kappa shape index (κ1) is 11.6. The predicted molar refractivity (Wildman–Crippen MR) is 47.4 cm³/mol. The summed E-state index contributed by atoms with van der Waals surface area (Å²) in [5.74, 6) is -1.34. The van der Waals surface area contributed by atoms with E-state index >= 15 is 0 Å². The van der Waals surface area contributed by atoms with Crippen LogP contribution in [-0.2, 0) is 0 Å². The van der Waals surface area contributed by atoms with Gasteiger partial charge < -0.3 is 14.9 Å². The number of alkyl halides is 2. The summed E-state index contributed by atoms with van der Waals surface area (Å²) in [6.45, 7) is 0. The molecule has 0 atom stereocenters. The Morgan fingerprint density at radius 3 is 2.67 bits per heavy atom. The van der Waals surface area contributed by atoms with Gasteiger partial charge in [0.2, 0.25) is 5.15 Å². The van der Waals surface area contributed by atoms with Crippen molar-refractivity contribution in [2.24, 2.45) is 0 Å². The lowest BCUT2D eigenvalue weighted by atomic mass is 10.2. The highest BCUT2D eigenvalue weighted by Crippen LogP contribution is 2.36. The molecule has 1 aromatic rings. The van der Waals surface area contributed by atoms with E-state index in [1.165, 1.54) is 0 Å². The molecule has 0 radical (unpaired) electrons. The average molecular weight is 239 g/mol. The molecule has 0 N–H and O–H groups in total. The van der Waals surface area contributed by atoms with Crippen molar-refractivity contribution < 1.29 is 18.4 Å². The van der Waals surface area contributed by atoms with Gasteiger partial charge in [-0.15, -0.1) is 0 Å². The topological polar surface area (TPSA) is 65.3 Å². The van der Waals surface area contributed by atoms with Crippen LogP contribution in [0, 0.1) is 10.1 Å². The Kier molecular flexibility index (Phi) is 3.35. The fraction of sp³-hybridized carbons (Fsp3) is 0.286.